The highest BCUT2D eigenvalue weighted by Gasteiger charge is 2.26. The maximum Gasteiger partial charge on any atom is 0.305 e. The van der Waals surface area contributed by atoms with Crippen molar-refractivity contribution in [3.8, 4) is 0 Å². The van der Waals surface area contributed by atoms with Gasteiger partial charge in [-0.2, -0.15) is 0 Å². The maximum absolute atomic E-state index is 11.7. The minimum Gasteiger partial charge on any atom is -0.481 e. The Bertz CT molecular complexity index is 447. The van der Waals surface area contributed by atoms with Crippen LogP contribution in [0.3, 0.4) is 0 Å². The van der Waals surface area contributed by atoms with E-state index >= 15 is 0 Å². The Balaban J connectivity index is 4.71. The Kier molecular flexibility index (Phi) is 7.66. The van der Waals surface area contributed by atoms with Gasteiger partial charge in [-0.05, 0) is 6.92 Å². The number of esters is 1. The lowest BCUT2D eigenvalue weighted by atomic mass is 10.1. The fourth-order valence-electron chi connectivity index (χ4n) is 1.36. The number of nitrogens with one attached hydrogen (secondary N) is 2. The van der Waals surface area contributed by atoms with Gasteiger partial charge in [0, 0.05) is 13.8 Å². The van der Waals surface area contributed by atoms with Gasteiger partial charge in [0.1, 0.15) is 12.1 Å². The van der Waals surface area contributed by atoms with Gasteiger partial charge in [-0.25, -0.2) is 0 Å². The van der Waals surface area contributed by atoms with Crippen LogP contribution in [0, 0.1) is 0 Å². The Morgan fingerprint density at radius 1 is 1.10 bits per heavy atom. The fourth-order valence-corrected chi connectivity index (χ4v) is 1.36. The van der Waals surface area contributed by atoms with Gasteiger partial charge in [-0.1, -0.05) is 0 Å². The molecule has 9 heteroatoms. The second-order valence-electron chi connectivity index (χ2n) is 4.33. The lowest BCUT2D eigenvalue weighted by Gasteiger charge is -2.19. The molecule has 0 aliphatic heterocycles. The zero-order chi connectivity index (χ0) is 16.6. The van der Waals surface area contributed by atoms with Crippen molar-refractivity contribution in [1.29, 1.82) is 0 Å². The molecular weight excluding hydrogens is 284 g/mol. The van der Waals surface area contributed by atoms with Crippen molar-refractivity contribution in [2.24, 2.45) is 0 Å². The number of amides is 2. The van der Waals surface area contributed by atoms with Crippen molar-refractivity contribution < 1.29 is 33.8 Å². The third-order valence-corrected chi connectivity index (χ3v) is 2.31. The highest BCUT2D eigenvalue weighted by atomic mass is 16.5. The first-order chi connectivity index (χ1) is 9.63. The molecule has 0 aliphatic rings. The standard InChI is InChI=1S/C12H18N2O7/c1-6(13-7(2)15)12(20)14-9(4-11(18)19)10(17)5-21-8(3)16/h6,9H,4-5H2,1-3H3,(H,13,15)(H,14,20)(H,18,19). The summed E-state index contributed by atoms with van der Waals surface area (Å²) < 4.78 is 4.47. The summed E-state index contributed by atoms with van der Waals surface area (Å²) in [4.78, 5) is 55.6. The lowest BCUT2D eigenvalue weighted by Crippen LogP contribution is -2.51. The van der Waals surface area contributed by atoms with E-state index in [0.717, 1.165) is 6.92 Å². The summed E-state index contributed by atoms with van der Waals surface area (Å²) in [6.45, 7) is 3.05. The van der Waals surface area contributed by atoms with Crippen molar-refractivity contribution in [1.82, 2.24) is 10.6 Å². The third-order valence-electron chi connectivity index (χ3n) is 2.31. The van der Waals surface area contributed by atoms with E-state index in [1.54, 1.807) is 0 Å². The summed E-state index contributed by atoms with van der Waals surface area (Å²) in [6, 6.07) is -2.27. The predicted octanol–water partition coefficient (Wildman–Crippen LogP) is -1.40. The molecular formula is C12H18N2O7. The monoisotopic (exact) mass is 302 g/mol. The molecule has 118 valence electrons. The van der Waals surface area contributed by atoms with Gasteiger partial charge in [0.15, 0.2) is 12.4 Å². The molecule has 0 radical (unpaired) electrons. The van der Waals surface area contributed by atoms with Crippen molar-refractivity contribution in [3.63, 3.8) is 0 Å². The second-order valence-corrected chi connectivity index (χ2v) is 4.33. The first kappa shape index (κ1) is 18.6. The number of Topliss-reactive ketones (excluding diaryl/α,β-unsaturated/α-hetero) is 1. The maximum atomic E-state index is 11.7. The summed E-state index contributed by atoms with van der Waals surface area (Å²) in [5, 5.41) is 13.2. The third kappa shape index (κ3) is 8.35. The fraction of sp³-hybridized carbons (Fsp3) is 0.583. The Morgan fingerprint density at radius 3 is 2.10 bits per heavy atom. The number of hydrogen-bond acceptors (Lipinski definition) is 6. The number of ketones is 1. The predicted molar refractivity (Wildman–Crippen MR) is 69.1 cm³/mol. The van der Waals surface area contributed by atoms with Gasteiger partial charge in [0.05, 0.1) is 6.42 Å². The van der Waals surface area contributed by atoms with E-state index in [4.69, 9.17) is 5.11 Å². The number of carbonyl (C=O) groups is 5. The van der Waals surface area contributed by atoms with Gasteiger partial charge >= 0.3 is 11.9 Å². The minimum absolute atomic E-state index is 0.446. The number of hydrogen-bond donors (Lipinski definition) is 3. The van der Waals surface area contributed by atoms with E-state index in [0.29, 0.717) is 0 Å². The molecule has 21 heavy (non-hydrogen) atoms. The average molecular weight is 302 g/mol. The normalized spacial score (nSPS) is 12.7. The van der Waals surface area contributed by atoms with Gasteiger partial charge < -0.3 is 20.5 Å². The topological polar surface area (TPSA) is 139 Å². The zero-order valence-corrected chi connectivity index (χ0v) is 12.0. The molecule has 0 saturated carbocycles. The van der Waals surface area contributed by atoms with E-state index in [1.807, 2.05) is 0 Å². The van der Waals surface area contributed by atoms with Crippen molar-refractivity contribution in [3.05, 3.63) is 0 Å². The molecule has 0 aromatic carbocycles. The molecule has 0 rings (SSSR count). The molecule has 0 fully saturated rings. The number of aliphatic carboxylic acids is 1. The highest BCUT2D eigenvalue weighted by Crippen LogP contribution is 1.98. The molecule has 2 atom stereocenters. The number of carboxylic acids is 1. The van der Waals surface area contributed by atoms with Crippen LogP contribution >= 0.6 is 0 Å². The molecule has 3 N–H and O–H groups in total. The number of carbonyl (C=O) groups excluding carboxylic acids is 4. The average Bonchev–Trinajstić information content (AvgIpc) is 2.33. The van der Waals surface area contributed by atoms with Gasteiger partial charge in [0.2, 0.25) is 11.8 Å². The molecule has 0 bridgehead atoms. The van der Waals surface area contributed by atoms with Crippen LogP contribution in [0.2, 0.25) is 0 Å². The SMILES string of the molecule is CC(=O)NC(C)C(=O)NC(CC(=O)O)C(=O)COC(C)=O. The molecule has 0 heterocycles. The second kappa shape index (κ2) is 8.67. The van der Waals surface area contributed by atoms with Crippen LogP contribution in [-0.4, -0.2) is 53.3 Å². The van der Waals surface area contributed by atoms with Crippen LogP contribution in [0.15, 0.2) is 0 Å². The first-order valence-corrected chi connectivity index (χ1v) is 6.08. The highest BCUT2D eigenvalue weighted by molar-refractivity contribution is 5.95. The quantitative estimate of drug-likeness (QED) is 0.469. The molecule has 0 aliphatic carbocycles. The molecule has 0 aromatic heterocycles. The summed E-state index contributed by atoms with van der Waals surface area (Å²) in [5.74, 6) is -3.92. The Hall–Kier alpha value is -2.45. The first-order valence-electron chi connectivity index (χ1n) is 6.08. The molecule has 2 unspecified atom stereocenters. The van der Waals surface area contributed by atoms with Crippen LogP contribution in [0.25, 0.3) is 0 Å². The summed E-state index contributed by atoms with van der Waals surface area (Å²) in [7, 11) is 0. The summed E-state index contributed by atoms with van der Waals surface area (Å²) >= 11 is 0. The summed E-state index contributed by atoms with van der Waals surface area (Å²) in [5.41, 5.74) is 0. The van der Waals surface area contributed by atoms with Crippen molar-refractivity contribution in [2.45, 2.75) is 39.3 Å². The molecule has 0 spiro atoms. The smallest absolute Gasteiger partial charge is 0.305 e. The van der Waals surface area contributed by atoms with E-state index in [-0.39, 0.29) is 0 Å². The largest absolute Gasteiger partial charge is 0.481 e. The van der Waals surface area contributed by atoms with Gasteiger partial charge in [-0.3, -0.25) is 24.0 Å². The summed E-state index contributed by atoms with van der Waals surface area (Å²) in [6.07, 6.45) is -0.654. The minimum atomic E-state index is -1.34. The van der Waals surface area contributed by atoms with E-state index in [9.17, 15) is 24.0 Å². The van der Waals surface area contributed by atoms with Gasteiger partial charge in [-0.15, -0.1) is 0 Å². The molecule has 0 aromatic rings. The van der Waals surface area contributed by atoms with Crippen LogP contribution in [0.1, 0.15) is 27.2 Å². The van der Waals surface area contributed by atoms with E-state index < -0.39 is 54.6 Å². The number of rotatable bonds is 8. The van der Waals surface area contributed by atoms with E-state index in [2.05, 4.69) is 15.4 Å². The lowest BCUT2D eigenvalue weighted by molar-refractivity contribution is -0.147. The number of ether oxygens (including phenoxy) is 1. The molecule has 2 amide bonds. The van der Waals surface area contributed by atoms with Crippen molar-refractivity contribution >= 4 is 29.5 Å². The Labute approximate surface area is 121 Å². The van der Waals surface area contributed by atoms with E-state index in [1.165, 1.54) is 13.8 Å². The number of carboxylic acid groups (broad SMARTS) is 1. The Morgan fingerprint density at radius 2 is 1.67 bits per heavy atom. The van der Waals surface area contributed by atoms with Crippen LogP contribution in [0.4, 0.5) is 0 Å². The molecule has 0 saturated heterocycles. The van der Waals surface area contributed by atoms with Crippen LogP contribution in [0.5, 0.6) is 0 Å². The van der Waals surface area contributed by atoms with Crippen LogP contribution in [-0.2, 0) is 28.7 Å². The van der Waals surface area contributed by atoms with Crippen LogP contribution < -0.4 is 10.6 Å². The van der Waals surface area contributed by atoms with Crippen molar-refractivity contribution in [2.75, 3.05) is 6.61 Å². The van der Waals surface area contributed by atoms with Gasteiger partial charge in [0.25, 0.3) is 0 Å². The molecule has 9 nitrogen and oxygen atoms in total. The zero-order valence-electron chi connectivity index (χ0n) is 12.0.